The lowest BCUT2D eigenvalue weighted by Crippen LogP contribution is -2.11. The monoisotopic (exact) mass is 256 g/mol. The molecule has 2 N–H and O–H groups in total. The predicted molar refractivity (Wildman–Crippen MR) is 81.6 cm³/mol. The Balaban J connectivity index is 2.28. The Morgan fingerprint density at radius 3 is 2.28 bits per heavy atom. The van der Waals surface area contributed by atoms with E-state index in [4.69, 9.17) is 18.0 Å². The zero-order chi connectivity index (χ0) is 13.1. The molecule has 0 aromatic heterocycles. The van der Waals surface area contributed by atoms with E-state index in [0.29, 0.717) is 4.99 Å². The van der Waals surface area contributed by atoms with E-state index in [1.165, 1.54) is 5.56 Å². The molecule has 0 aliphatic heterocycles. The summed E-state index contributed by atoms with van der Waals surface area (Å²) in [5.74, 6) is 0. The Labute approximate surface area is 113 Å². The summed E-state index contributed by atoms with van der Waals surface area (Å²) in [5.41, 5.74) is 10.0. The Morgan fingerprint density at radius 2 is 1.72 bits per heavy atom. The van der Waals surface area contributed by atoms with Gasteiger partial charge in [-0.1, -0.05) is 24.4 Å². The molecule has 2 aromatic rings. The first-order valence-corrected chi connectivity index (χ1v) is 6.19. The number of hydrogen-bond acceptors (Lipinski definition) is 2. The molecule has 0 atom stereocenters. The van der Waals surface area contributed by atoms with Crippen LogP contribution in [-0.4, -0.2) is 12.0 Å². The molecule has 0 saturated heterocycles. The van der Waals surface area contributed by atoms with Gasteiger partial charge in [-0.3, -0.25) is 0 Å². The molecule has 2 nitrogen and oxygen atoms in total. The number of anilines is 2. The van der Waals surface area contributed by atoms with Gasteiger partial charge >= 0.3 is 0 Å². The van der Waals surface area contributed by atoms with Crippen molar-refractivity contribution in [3.05, 3.63) is 59.7 Å². The van der Waals surface area contributed by atoms with Crippen LogP contribution < -0.4 is 10.6 Å². The van der Waals surface area contributed by atoms with Gasteiger partial charge in [0.25, 0.3) is 0 Å². The highest BCUT2D eigenvalue weighted by molar-refractivity contribution is 7.80. The van der Waals surface area contributed by atoms with Crippen molar-refractivity contribution in [1.82, 2.24) is 0 Å². The van der Waals surface area contributed by atoms with E-state index >= 15 is 0 Å². The lowest BCUT2D eigenvalue weighted by atomic mass is 10.1. The van der Waals surface area contributed by atoms with Crippen LogP contribution in [0.5, 0.6) is 0 Å². The van der Waals surface area contributed by atoms with Crippen LogP contribution in [0.4, 0.5) is 11.4 Å². The van der Waals surface area contributed by atoms with Crippen LogP contribution >= 0.6 is 12.2 Å². The standard InChI is InChI=1S/C15H16N2S/c1-11-4-3-5-14(10-11)17(2)13-8-6-12(7-9-13)15(16)18/h3-10H,1-2H3,(H2,16,18). The lowest BCUT2D eigenvalue weighted by Gasteiger charge is -2.20. The van der Waals surface area contributed by atoms with Gasteiger partial charge in [0, 0.05) is 24.0 Å². The zero-order valence-electron chi connectivity index (χ0n) is 10.6. The van der Waals surface area contributed by atoms with Gasteiger partial charge in [0.1, 0.15) is 4.99 Å². The Hall–Kier alpha value is -1.87. The lowest BCUT2D eigenvalue weighted by molar-refractivity contribution is 1.20. The molecule has 0 fully saturated rings. The Bertz CT molecular complexity index is 561. The highest BCUT2D eigenvalue weighted by Crippen LogP contribution is 2.24. The highest BCUT2D eigenvalue weighted by atomic mass is 32.1. The van der Waals surface area contributed by atoms with Crippen LogP contribution in [0, 0.1) is 6.92 Å². The second kappa shape index (κ2) is 5.19. The molecule has 2 aromatic carbocycles. The molecule has 18 heavy (non-hydrogen) atoms. The van der Waals surface area contributed by atoms with Gasteiger partial charge in [-0.15, -0.1) is 0 Å². The molecule has 0 unspecified atom stereocenters. The summed E-state index contributed by atoms with van der Waals surface area (Å²) in [4.78, 5) is 2.57. The summed E-state index contributed by atoms with van der Waals surface area (Å²) in [6.07, 6.45) is 0. The average Bonchev–Trinajstić information content (AvgIpc) is 2.38. The maximum Gasteiger partial charge on any atom is 0.103 e. The number of thiocarbonyl (C=S) groups is 1. The van der Waals surface area contributed by atoms with Crippen LogP contribution in [-0.2, 0) is 0 Å². The van der Waals surface area contributed by atoms with E-state index in [-0.39, 0.29) is 0 Å². The van der Waals surface area contributed by atoms with Crippen LogP contribution in [0.25, 0.3) is 0 Å². The van der Waals surface area contributed by atoms with Crippen LogP contribution in [0.3, 0.4) is 0 Å². The third-order valence-electron chi connectivity index (χ3n) is 2.93. The van der Waals surface area contributed by atoms with Gasteiger partial charge in [0.15, 0.2) is 0 Å². The minimum Gasteiger partial charge on any atom is -0.389 e. The second-order valence-electron chi connectivity index (χ2n) is 4.31. The molecule has 0 radical (unpaired) electrons. The quantitative estimate of drug-likeness (QED) is 0.853. The Kier molecular flexibility index (Phi) is 3.63. The van der Waals surface area contributed by atoms with Crippen molar-refractivity contribution in [3.8, 4) is 0 Å². The molecule has 0 heterocycles. The van der Waals surface area contributed by atoms with E-state index < -0.39 is 0 Å². The molecule has 2 rings (SSSR count). The van der Waals surface area contributed by atoms with E-state index in [1.54, 1.807) is 0 Å². The number of nitrogens with two attached hydrogens (primary N) is 1. The molecule has 0 saturated carbocycles. The molecule has 0 aliphatic carbocycles. The first kappa shape index (κ1) is 12.6. The zero-order valence-corrected chi connectivity index (χ0v) is 11.4. The number of hydrogen-bond donors (Lipinski definition) is 1. The van der Waals surface area contributed by atoms with Crippen LogP contribution in [0.15, 0.2) is 48.5 Å². The van der Waals surface area contributed by atoms with Gasteiger partial charge < -0.3 is 10.6 Å². The molecule has 0 amide bonds. The molecular weight excluding hydrogens is 240 g/mol. The normalized spacial score (nSPS) is 10.1. The number of rotatable bonds is 3. The third kappa shape index (κ3) is 2.68. The van der Waals surface area contributed by atoms with E-state index in [0.717, 1.165) is 16.9 Å². The average molecular weight is 256 g/mol. The van der Waals surface area contributed by atoms with Crippen molar-refractivity contribution in [3.63, 3.8) is 0 Å². The molecular formula is C15H16N2S. The van der Waals surface area contributed by atoms with Gasteiger partial charge in [0.2, 0.25) is 0 Å². The van der Waals surface area contributed by atoms with E-state index in [1.807, 2.05) is 31.3 Å². The summed E-state index contributed by atoms with van der Waals surface area (Å²) >= 11 is 4.95. The van der Waals surface area contributed by atoms with Crippen LogP contribution in [0.2, 0.25) is 0 Å². The molecule has 0 spiro atoms. The molecule has 0 aliphatic rings. The molecule has 0 bridgehead atoms. The summed E-state index contributed by atoms with van der Waals surface area (Å²) in [5, 5.41) is 0. The summed E-state index contributed by atoms with van der Waals surface area (Å²) < 4.78 is 0. The predicted octanol–water partition coefficient (Wildman–Crippen LogP) is 3.40. The minimum atomic E-state index is 0.430. The Morgan fingerprint density at radius 1 is 1.06 bits per heavy atom. The topological polar surface area (TPSA) is 29.3 Å². The van der Waals surface area contributed by atoms with Crippen molar-refractivity contribution < 1.29 is 0 Å². The minimum absolute atomic E-state index is 0.430. The smallest absolute Gasteiger partial charge is 0.103 e. The fourth-order valence-electron chi connectivity index (χ4n) is 1.83. The summed E-state index contributed by atoms with van der Waals surface area (Å²) in [6.45, 7) is 2.09. The number of aryl methyl sites for hydroxylation is 1. The summed E-state index contributed by atoms with van der Waals surface area (Å²) in [6, 6.07) is 16.3. The van der Waals surface area contributed by atoms with Crippen molar-refractivity contribution in [1.29, 1.82) is 0 Å². The van der Waals surface area contributed by atoms with Gasteiger partial charge in [-0.25, -0.2) is 0 Å². The number of nitrogens with zero attached hydrogens (tertiary/aromatic N) is 1. The third-order valence-corrected chi connectivity index (χ3v) is 3.16. The van der Waals surface area contributed by atoms with Crippen LogP contribution in [0.1, 0.15) is 11.1 Å². The largest absolute Gasteiger partial charge is 0.389 e. The van der Waals surface area contributed by atoms with Crippen molar-refractivity contribution in [2.24, 2.45) is 5.73 Å². The van der Waals surface area contributed by atoms with Crippen molar-refractivity contribution in [2.45, 2.75) is 6.92 Å². The fourth-order valence-corrected chi connectivity index (χ4v) is 1.97. The maximum atomic E-state index is 5.59. The molecule has 3 heteroatoms. The maximum absolute atomic E-state index is 5.59. The first-order chi connectivity index (χ1) is 8.58. The van der Waals surface area contributed by atoms with Gasteiger partial charge in [-0.2, -0.15) is 0 Å². The van der Waals surface area contributed by atoms with E-state index in [2.05, 4.69) is 36.1 Å². The van der Waals surface area contributed by atoms with Crippen molar-refractivity contribution >= 4 is 28.6 Å². The fraction of sp³-hybridized carbons (Fsp3) is 0.133. The van der Waals surface area contributed by atoms with Crippen molar-refractivity contribution in [2.75, 3.05) is 11.9 Å². The summed E-state index contributed by atoms with van der Waals surface area (Å²) in [7, 11) is 2.05. The highest BCUT2D eigenvalue weighted by Gasteiger charge is 2.04. The second-order valence-corrected chi connectivity index (χ2v) is 4.75. The first-order valence-electron chi connectivity index (χ1n) is 5.78. The van der Waals surface area contributed by atoms with Gasteiger partial charge in [0.05, 0.1) is 0 Å². The van der Waals surface area contributed by atoms with E-state index in [9.17, 15) is 0 Å². The number of benzene rings is 2. The van der Waals surface area contributed by atoms with Gasteiger partial charge in [-0.05, 0) is 48.9 Å². The molecule has 92 valence electrons. The SMILES string of the molecule is Cc1cccc(N(C)c2ccc(C(N)=S)cc2)c1.